The smallest absolute Gasteiger partial charge is 0.247 e. The van der Waals surface area contributed by atoms with Gasteiger partial charge in [0, 0.05) is 17.3 Å². The van der Waals surface area contributed by atoms with Crippen LogP contribution < -0.4 is 10.6 Å². The molecule has 6 heteroatoms. The van der Waals surface area contributed by atoms with E-state index in [4.69, 9.17) is 4.42 Å². The average Bonchev–Trinajstić information content (AvgIpc) is 3.19. The fourth-order valence-electron chi connectivity index (χ4n) is 2.57. The number of carbonyl (C=O) groups is 1. The zero-order chi connectivity index (χ0) is 14.5. The zero-order valence-corrected chi connectivity index (χ0v) is 11.7. The molecule has 0 aliphatic heterocycles. The maximum atomic E-state index is 11.9. The minimum atomic E-state index is -0.0209. The predicted molar refractivity (Wildman–Crippen MR) is 78.6 cm³/mol. The van der Waals surface area contributed by atoms with Crippen LogP contribution in [0.15, 0.2) is 35.1 Å². The van der Waals surface area contributed by atoms with E-state index in [0.717, 1.165) is 11.3 Å². The standard InChI is InChI=1S/C15H18N4O2/c20-14(9-16-12-3-1-2-4-12)18-13-7-5-11(6-8-13)15-19-17-10-21-15/h5-8,10,12,16H,1-4,9H2,(H,18,20). The molecule has 0 saturated heterocycles. The molecule has 1 aliphatic rings. The Hall–Kier alpha value is -2.21. The summed E-state index contributed by atoms with van der Waals surface area (Å²) in [5, 5.41) is 13.6. The first kappa shape index (κ1) is 13.8. The van der Waals surface area contributed by atoms with Gasteiger partial charge in [-0.15, -0.1) is 10.2 Å². The van der Waals surface area contributed by atoms with Crippen LogP contribution >= 0.6 is 0 Å². The van der Waals surface area contributed by atoms with Gasteiger partial charge in [0.15, 0.2) is 0 Å². The minimum Gasteiger partial charge on any atom is -0.423 e. The number of hydrogen-bond acceptors (Lipinski definition) is 5. The van der Waals surface area contributed by atoms with Crippen molar-refractivity contribution in [1.82, 2.24) is 15.5 Å². The van der Waals surface area contributed by atoms with Gasteiger partial charge in [0.1, 0.15) is 0 Å². The third-order valence-corrected chi connectivity index (χ3v) is 3.68. The largest absolute Gasteiger partial charge is 0.423 e. The highest BCUT2D eigenvalue weighted by Crippen LogP contribution is 2.19. The molecule has 110 valence electrons. The lowest BCUT2D eigenvalue weighted by Gasteiger charge is -2.11. The van der Waals surface area contributed by atoms with E-state index >= 15 is 0 Å². The van der Waals surface area contributed by atoms with Crippen molar-refractivity contribution >= 4 is 11.6 Å². The van der Waals surface area contributed by atoms with Crippen LogP contribution in [0.1, 0.15) is 25.7 Å². The van der Waals surface area contributed by atoms with Crippen molar-refractivity contribution in [2.45, 2.75) is 31.7 Å². The first-order valence-electron chi connectivity index (χ1n) is 7.21. The van der Waals surface area contributed by atoms with Crippen molar-refractivity contribution in [2.75, 3.05) is 11.9 Å². The van der Waals surface area contributed by atoms with Crippen molar-refractivity contribution in [3.05, 3.63) is 30.7 Å². The second kappa shape index (κ2) is 6.49. The molecule has 0 unspecified atom stereocenters. The quantitative estimate of drug-likeness (QED) is 0.881. The molecule has 0 spiro atoms. The number of nitrogens with zero attached hydrogens (tertiary/aromatic N) is 2. The van der Waals surface area contributed by atoms with Crippen LogP contribution in [0.2, 0.25) is 0 Å². The summed E-state index contributed by atoms with van der Waals surface area (Å²) in [4.78, 5) is 11.9. The van der Waals surface area contributed by atoms with Gasteiger partial charge in [-0.2, -0.15) is 0 Å². The molecule has 0 atom stereocenters. The molecule has 2 aromatic rings. The minimum absolute atomic E-state index is 0.0209. The highest BCUT2D eigenvalue weighted by Gasteiger charge is 2.15. The summed E-state index contributed by atoms with van der Waals surface area (Å²) in [6.45, 7) is 0.357. The molecule has 1 aliphatic carbocycles. The Morgan fingerprint density at radius 1 is 1.24 bits per heavy atom. The van der Waals surface area contributed by atoms with Gasteiger partial charge in [0.25, 0.3) is 0 Å². The SMILES string of the molecule is O=C(CNC1CCCC1)Nc1ccc(-c2nnco2)cc1. The van der Waals surface area contributed by atoms with Gasteiger partial charge in [-0.3, -0.25) is 4.79 Å². The van der Waals surface area contributed by atoms with Crippen molar-refractivity contribution in [1.29, 1.82) is 0 Å². The lowest BCUT2D eigenvalue weighted by atomic mass is 10.2. The predicted octanol–water partition coefficient (Wildman–Crippen LogP) is 2.21. The van der Waals surface area contributed by atoms with E-state index in [1.54, 1.807) is 0 Å². The van der Waals surface area contributed by atoms with Gasteiger partial charge in [-0.1, -0.05) is 12.8 Å². The van der Waals surface area contributed by atoms with Crippen molar-refractivity contribution in [3.63, 3.8) is 0 Å². The highest BCUT2D eigenvalue weighted by atomic mass is 16.4. The molecule has 1 amide bonds. The molecule has 21 heavy (non-hydrogen) atoms. The number of hydrogen-bond donors (Lipinski definition) is 2. The molecule has 6 nitrogen and oxygen atoms in total. The number of rotatable bonds is 5. The summed E-state index contributed by atoms with van der Waals surface area (Å²) in [5.41, 5.74) is 1.59. The topological polar surface area (TPSA) is 80.0 Å². The fourth-order valence-corrected chi connectivity index (χ4v) is 2.57. The van der Waals surface area contributed by atoms with Gasteiger partial charge in [0.2, 0.25) is 18.2 Å². The van der Waals surface area contributed by atoms with Crippen LogP contribution in [0.25, 0.3) is 11.5 Å². The van der Waals surface area contributed by atoms with Crippen LogP contribution in [0.3, 0.4) is 0 Å². The second-order valence-corrected chi connectivity index (χ2v) is 5.23. The Balaban J connectivity index is 1.51. The molecule has 0 bridgehead atoms. The van der Waals surface area contributed by atoms with Crippen LogP contribution in [0, 0.1) is 0 Å². The third kappa shape index (κ3) is 3.66. The highest BCUT2D eigenvalue weighted by molar-refractivity contribution is 5.92. The van der Waals surface area contributed by atoms with Gasteiger partial charge in [-0.25, -0.2) is 0 Å². The Morgan fingerprint density at radius 2 is 2.00 bits per heavy atom. The Bertz CT molecular complexity index is 574. The fraction of sp³-hybridized carbons (Fsp3) is 0.400. The van der Waals surface area contributed by atoms with Crippen LogP contribution in [-0.4, -0.2) is 28.7 Å². The zero-order valence-electron chi connectivity index (χ0n) is 11.7. The third-order valence-electron chi connectivity index (χ3n) is 3.68. The van der Waals surface area contributed by atoms with E-state index in [2.05, 4.69) is 20.8 Å². The number of nitrogens with one attached hydrogen (secondary N) is 2. The van der Waals surface area contributed by atoms with Crippen molar-refractivity contribution in [2.24, 2.45) is 0 Å². The first-order chi connectivity index (χ1) is 10.3. The molecule has 2 N–H and O–H groups in total. The lowest BCUT2D eigenvalue weighted by molar-refractivity contribution is -0.115. The Morgan fingerprint density at radius 3 is 2.67 bits per heavy atom. The number of benzene rings is 1. The van der Waals surface area contributed by atoms with E-state index in [9.17, 15) is 4.79 Å². The summed E-state index contributed by atoms with van der Waals surface area (Å²) >= 11 is 0. The summed E-state index contributed by atoms with van der Waals surface area (Å²) in [7, 11) is 0. The van der Waals surface area contributed by atoms with Crippen LogP contribution in [0.4, 0.5) is 5.69 Å². The first-order valence-corrected chi connectivity index (χ1v) is 7.21. The molecular formula is C15H18N4O2. The summed E-state index contributed by atoms with van der Waals surface area (Å²) < 4.78 is 5.12. The van der Waals surface area contributed by atoms with Gasteiger partial charge in [-0.05, 0) is 37.1 Å². The van der Waals surface area contributed by atoms with Gasteiger partial charge < -0.3 is 15.1 Å². The van der Waals surface area contributed by atoms with E-state index in [1.165, 1.54) is 32.1 Å². The normalized spacial score (nSPS) is 15.2. The molecule has 1 aromatic carbocycles. The summed E-state index contributed by atoms with van der Waals surface area (Å²) in [6.07, 6.45) is 6.16. The number of aromatic nitrogens is 2. The van der Waals surface area contributed by atoms with Crippen molar-refractivity contribution in [3.8, 4) is 11.5 Å². The van der Waals surface area contributed by atoms with Crippen LogP contribution in [0.5, 0.6) is 0 Å². The Kier molecular flexibility index (Phi) is 4.25. The van der Waals surface area contributed by atoms with E-state index in [0.29, 0.717) is 18.5 Å². The number of amides is 1. The summed E-state index contributed by atoms with van der Waals surface area (Å²) in [6, 6.07) is 7.83. The monoisotopic (exact) mass is 286 g/mol. The van der Waals surface area contributed by atoms with E-state index in [-0.39, 0.29) is 5.91 Å². The summed E-state index contributed by atoms with van der Waals surface area (Å²) in [5.74, 6) is 0.447. The molecule has 1 saturated carbocycles. The molecular weight excluding hydrogens is 268 g/mol. The number of carbonyl (C=O) groups excluding carboxylic acids is 1. The maximum Gasteiger partial charge on any atom is 0.247 e. The lowest BCUT2D eigenvalue weighted by Crippen LogP contribution is -2.34. The van der Waals surface area contributed by atoms with Crippen molar-refractivity contribution < 1.29 is 9.21 Å². The molecule has 3 rings (SSSR count). The van der Waals surface area contributed by atoms with E-state index < -0.39 is 0 Å². The second-order valence-electron chi connectivity index (χ2n) is 5.23. The van der Waals surface area contributed by atoms with E-state index in [1.807, 2.05) is 24.3 Å². The molecule has 1 heterocycles. The Labute approximate surface area is 123 Å². The molecule has 1 fully saturated rings. The molecule has 1 aromatic heterocycles. The van der Waals surface area contributed by atoms with Gasteiger partial charge in [0.05, 0.1) is 6.54 Å². The number of anilines is 1. The maximum absolute atomic E-state index is 11.9. The van der Waals surface area contributed by atoms with Crippen LogP contribution in [-0.2, 0) is 4.79 Å². The van der Waals surface area contributed by atoms with Gasteiger partial charge >= 0.3 is 0 Å². The average molecular weight is 286 g/mol. The molecule has 0 radical (unpaired) electrons.